The van der Waals surface area contributed by atoms with Crippen LogP contribution in [0.25, 0.3) is 0 Å². The van der Waals surface area contributed by atoms with Gasteiger partial charge in [-0.1, -0.05) is 6.92 Å². The van der Waals surface area contributed by atoms with E-state index in [9.17, 15) is 18.4 Å². The first-order valence-electron chi connectivity index (χ1n) is 5.00. The van der Waals surface area contributed by atoms with Crippen molar-refractivity contribution in [1.29, 1.82) is 0 Å². The Morgan fingerprint density at radius 3 is 2.06 bits per heavy atom. The molecule has 0 spiro atoms. The number of carbonyl (C=O) groups excluding carboxylic acids is 2. The van der Waals surface area contributed by atoms with Crippen LogP contribution in [-0.4, -0.2) is 24.7 Å². The Labute approximate surface area is 97.9 Å². The summed E-state index contributed by atoms with van der Waals surface area (Å²) in [5.41, 5.74) is -0.706. The second-order valence-electron chi connectivity index (χ2n) is 4.16. The van der Waals surface area contributed by atoms with Crippen molar-refractivity contribution in [2.75, 3.05) is 6.79 Å². The van der Waals surface area contributed by atoms with Crippen molar-refractivity contribution in [3.63, 3.8) is 0 Å². The summed E-state index contributed by atoms with van der Waals surface area (Å²) >= 11 is 0. The van der Waals surface area contributed by atoms with Gasteiger partial charge in [0.15, 0.2) is 0 Å². The van der Waals surface area contributed by atoms with Gasteiger partial charge in [-0.05, 0) is 20.3 Å². The van der Waals surface area contributed by atoms with Crippen molar-refractivity contribution in [3.8, 4) is 0 Å². The maximum absolute atomic E-state index is 12.3. The molecule has 0 aromatic rings. The summed E-state index contributed by atoms with van der Waals surface area (Å²) in [4.78, 5) is 29.7. The van der Waals surface area contributed by atoms with Crippen LogP contribution in [0.4, 0.5) is 8.78 Å². The summed E-state index contributed by atoms with van der Waals surface area (Å²) in [6.45, 7) is 4.75. The number of hydrogen-bond acceptors (Lipinski definition) is 5. The third kappa shape index (κ3) is 5.58. The molecule has 100 valence electrons. The molecule has 0 saturated heterocycles. The lowest BCUT2D eigenvalue weighted by molar-refractivity contribution is -0.317. The van der Waals surface area contributed by atoms with Gasteiger partial charge in [0.2, 0.25) is 6.79 Å². The van der Waals surface area contributed by atoms with E-state index in [1.54, 1.807) is 20.8 Å². The van der Waals surface area contributed by atoms with Gasteiger partial charge >= 0.3 is 17.9 Å². The monoisotopic (exact) mass is 254 g/mol. The molecular weight excluding hydrogens is 238 g/mol. The normalized spacial score (nSPS) is 12.1. The van der Waals surface area contributed by atoms with Gasteiger partial charge in [-0.15, -0.1) is 4.89 Å². The summed E-state index contributed by atoms with van der Waals surface area (Å²) < 4.78 is 29.1. The molecule has 17 heavy (non-hydrogen) atoms. The number of esters is 1. The van der Waals surface area contributed by atoms with E-state index in [0.717, 1.165) is 0 Å². The van der Waals surface area contributed by atoms with Gasteiger partial charge in [-0.3, -0.25) is 9.68 Å². The van der Waals surface area contributed by atoms with Crippen LogP contribution in [0.2, 0.25) is 0 Å². The quantitative estimate of drug-likeness (QED) is 0.239. The smallest absolute Gasteiger partial charge is 0.410 e. The highest BCUT2D eigenvalue weighted by atomic mass is 19.3. The molecule has 0 heterocycles. The second-order valence-corrected chi connectivity index (χ2v) is 4.16. The zero-order valence-electron chi connectivity index (χ0n) is 10.2. The van der Waals surface area contributed by atoms with Gasteiger partial charge in [0.05, 0.1) is 5.41 Å². The lowest BCUT2D eigenvalue weighted by Gasteiger charge is -2.19. The first-order chi connectivity index (χ1) is 7.61. The zero-order chi connectivity index (χ0) is 13.7. The Hall–Kier alpha value is -1.24. The second kappa shape index (κ2) is 5.90. The van der Waals surface area contributed by atoms with Crippen molar-refractivity contribution in [3.05, 3.63) is 0 Å². The van der Waals surface area contributed by atoms with Gasteiger partial charge in [0.25, 0.3) is 0 Å². The number of ether oxygens (including phenoxy) is 1. The summed E-state index contributed by atoms with van der Waals surface area (Å²) in [6.07, 6.45) is 0.540. The first kappa shape index (κ1) is 15.8. The van der Waals surface area contributed by atoms with Crippen LogP contribution in [0.3, 0.4) is 0 Å². The highest BCUT2D eigenvalue weighted by molar-refractivity contribution is 5.76. The van der Waals surface area contributed by atoms with Crippen LogP contribution in [0.15, 0.2) is 0 Å². The Morgan fingerprint density at radius 1 is 1.12 bits per heavy atom. The van der Waals surface area contributed by atoms with Crippen molar-refractivity contribution in [1.82, 2.24) is 0 Å². The third-order valence-electron chi connectivity index (χ3n) is 2.17. The molecule has 0 rings (SSSR count). The summed E-state index contributed by atoms with van der Waals surface area (Å²) in [5.74, 6) is -6.06. The fourth-order valence-corrected chi connectivity index (χ4v) is 0.568. The number of carbonyl (C=O) groups is 2. The number of hydrogen-bond donors (Lipinski definition) is 0. The maximum Gasteiger partial charge on any atom is 0.410 e. The standard InChI is InChI=1S/C10H16F2O5/c1-5-9(2,3)7(13)15-6-16-17-8(14)10(4,11)12/h5-6H2,1-4H3. The lowest BCUT2D eigenvalue weighted by atomic mass is 9.91. The molecule has 5 nitrogen and oxygen atoms in total. The predicted molar refractivity (Wildman–Crippen MR) is 52.8 cm³/mol. The highest BCUT2D eigenvalue weighted by Crippen LogP contribution is 2.21. The summed E-state index contributed by atoms with van der Waals surface area (Å²) in [5, 5.41) is 0. The minimum absolute atomic E-state index is 0.366. The molecule has 0 aliphatic carbocycles. The molecule has 0 aromatic carbocycles. The molecule has 0 fully saturated rings. The number of alkyl halides is 2. The van der Waals surface area contributed by atoms with E-state index >= 15 is 0 Å². The van der Waals surface area contributed by atoms with Gasteiger partial charge < -0.3 is 4.74 Å². The zero-order valence-corrected chi connectivity index (χ0v) is 10.2. The van der Waals surface area contributed by atoms with Crippen molar-refractivity contribution in [2.45, 2.75) is 40.0 Å². The van der Waals surface area contributed by atoms with Crippen LogP contribution >= 0.6 is 0 Å². The molecule has 0 aromatic heterocycles. The maximum atomic E-state index is 12.3. The van der Waals surface area contributed by atoms with Crippen LogP contribution in [-0.2, 0) is 24.1 Å². The predicted octanol–water partition coefficient (Wildman–Crippen LogP) is 2.05. The van der Waals surface area contributed by atoms with Crippen molar-refractivity contribution >= 4 is 11.9 Å². The average Bonchev–Trinajstić information content (AvgIpc) is 2.22. The Balaban J connectivity index is 3.88. The number of halogens is 2. The van der Waals surface area contributed by atoms with Crippen LogP contribution < -0.4 is 0 Å². The molecular formula is C10H16F2O5. The van der Waals surface area contributed by atoms with E-state index < -0.39 is 30.1 Å². The molecule has 0 aliphatic heterocycles. The summed E-state index contributed by atoms with van der Waals surface area (Å²) in [7, 11) is 0. The van der Waals surface area contributed by atoms with Crippen LogP contribution in [0.1, 0.15) is 34.1 Å². The van der Waals surface area contributed by atoms with Crippen LogP contribution in [0, 0.1) is 5.41 Å². The molecule has 0 amide bonds. The van der Waals surface area contributed by atoms with Gasteiger partial charge in [0.1, 0.15) is 0 Å². The van der Waals surface area contributed by atoms with E-state index in [0.29, 0.717) is 13.3 Å². The van der Waals surface area contributed by atoms with E-state index in [4.69, 9.17) is 0 Å². The Bertz CT molecular complexity index is 283. The van der Waals surface area contributed by atoms with E-state index in [-0.39, 0.29) is 0 Å². The summed E-state index contributed by atoms with van der Waals surface area (Å²) in [6, 6.07) is 0. The third-order valence-corrected chi connectivity index (χ3v) is 2.17. The Kier molecular flexibility index (Phi) is 5.47. The van der Waals surface area contributed by atoms with Gasteiger partial charge in [-0.2, -0.15) is 8.78 Å². The van der Waals surface area contributed by atoms with E-state index in [1.165, 1.54) is 0 Å². The molecule has 0 saturated carbocycles. The molecule has 0 atom stereocenters. The number of rotatable bonds is 6. The molecule has 0 aliphatic rings. The molecule has 0 radical (unpaired) electrons. The topological polar surface area (TPSA) is 61.8 Å². The largest absolute Gasteiger partial charge is 0.434 e. The fraction of sp³-hybridized carbons (Fsp3) is 0.800. The van der Waals surface area contributed by atoms with Crippen molar-refractivity contribution < 1.29 is 32.9 Å². The highest BCUT2D eigenvalue weighted by Gasteiger charge is 2.35. The van der Waals surface area contributed by atoms with Gasteiger partial charge in [-0.25, -0.2) is 4.79 Å². The van der Waals surface area contributed by atoms with Crippen molar-refractivity contribution in [2.24, 2.45) is 5.41 Å². The fourth-order valence-electron chi connectivity index (χ4n) is 0.568. The molecule has 7 heteroatoms. The lowest BCUT2D eigenvalue weighted by Crippen LogP contribution is -2.29. The van der Waals surface area contributed by atoms with Gasteiger partial charge in [0, 0.05) is 6.92 Å². The van der Waals surface area contributed by atoms with E-state index in [1.807, 2.05) is 0 Å². The van der Waals surface area contributed by atoms with Crippen LogP contribution in [0.5, 0.6) is 0 Å². The van der Waals surface area contributed by atoms with E-state index in [2.05, 4.69) is 14.5 Å². The minimum Gasteiger partial charge on any atom is -0.434 e. The first-order valence-corrected chi connectivity index (χ1v) is 5.00. The molecule has 0 unspecified atom stereocenters. The Morgan fingerprint density at radius 2 is 1.65 bits per heavy atom. The molecule has 0 N–H and O–H groups in total. The average molecular weight is 254 g/mol. The minimum atomic E-state index is -3.65. The molecule has 0 bridgehead atoms. The SMILES string of the molecule is CCC(C)(C)C(=O)OCOOC(=O)C(C)(F)F.